The summed E-state index contributed by atoms with van der Waals surface area (Å²) in [5.41, 5.74) is 4.45. The van der Waals surface area contributed by atoms with E-state index in [-0.39, 0.29) is 5.91 Å². The Morgan fingerprint density at radius 2 is 2.06 bits per heavy atom. The molecule has 2 rings (SSSR count). The molecule has 1 aliphatic carbocycles. The van der Waals surface area contributed by atoms with E-state index in [4.69, 9.17) is 5.84 Å². The summed E-state index contributed by atoms with van der Waals surface area (Å²) in [6.45, 7) is 0.901. The minimum absolute atomic E-state index is 0.147. The maximum Gasteiger partial charge on any atom is 0.238 e. The lowest BCUT2D eigenvalue weighted by atomic mass is 10.0. The number of hydrogen-bond donors (Lipinski definition) is 2. The zero-order chi connectivity index (χ0) is 12.3. The van der Waals surface area contributed by atoms with Crippen LogP contribution in [0.2, 0.25) is 0 Å². The van der Waals surface area contributed by atoms with Gasteiger partial charge in [-0.05, 0) is 31.0 Å². The second kappa shape index (κ2) is 5.29. The quantitative estimate of drug-likeness (QED) is 0.449. The van der Waals surface area contributed by atoms with Gasteiger partial charge in [-0.2, -0.15) is 0 Å². The second-order valence-corrected chi connectivity index (χ2v) is 4.66. The molecule has 1 saturated carbocycles. The minimum atomic E-state index is -0.147. The topological polar surface area (TPSA) is 58.4 Å². The van der Waals surface area contributed by atoms with Crippen LogP contribution in [0.5, 0.6) is 0 Å². The fourth-order valence-electron chi connectivity index (χ4n) is 2.02. The van der Waals surface area contributed by atoms with Crippen LogP contribution in [0.15, 0.2) is 24.3 Å². The minimum Gasteiger partial charge on any atom is -0.299 e. The summed E-state index contributed by atoms with van der Waals surface area (Å²) in [7, 11) is 2.14. The van der Waals surface area contributed by atoms with Gasteiger partial charge in [0.05, 0.1) is 6.42 Å². The van der Waals surface area contributed by atoms with Crippen molar-refractivity contribution in [2.45, 2.75) is 31.8 Å². The van der Waals surface area contributed by atoms with Crippen LogP contribution in [0.25, 0.3) is 0 Å². The van der Waals surface area contributed by atoms with E-state index in [0.717, 1.165) is 18.2 Å². The highest BCUT2D eigenvalue weighted by molar-refractivity contribution is 5.78. The van der Waals surface area contributed by atoms with Crippen LogP contribution in [-0.2, 0) is 17.8 Å². The van der Waals surface area contributed by atoms with Gasteiger partial charge in [-0.1, -0.05) is 24.3 Å². The molecule has 0 unspecified atom stereocenters. The summed E-state index contributed by atoms with van der Waals surface area (Å²) in [5.74, 6) is 4.97. The van der Waals surface area contributed by atoms with Crippen LogP contribution in [0, 0.1) is 0 Å². The maximum atomic E-state index is 11.3. The van der Waals surface area contributed by atoms with Crippen LogP contribution in [0.3, 0.4) is 0 Å². The van der Waals surface area contributed by atoms with E-state index in [2.05, 4.69) is 23.4 Å². The van der Waals surface area contributed by atoms with E-state index in [0.29, 0.717) is 6.42 Å². The van der Waals surface area contributed by atoms with Crippen LogP contribution in [-0.4, -0.2) is 23.9 Å². The standard InChI is InChI=1S/C13H19N3O/c1-16(12-6-7-12)9-11-5-3-2-4-10(11)8-13(17)15-14/h2-5,12H,6-9,14H2,1H3,(H,15,17). The number of carbonyl (C=O) groups excluding carboxylic acids is 1. The molecule has 4 nitrogen and oxygen atoms in total. The van der Waals surface area contributed by atoms with Gasteiger partial charge in [0, 0.05) is 12.6 Å². The van der Waals surface area contributed by atoms with Crippen molar-refractivity contribution >= 4 is 5.91 Å². The lowest BCUT2D eigenvalue weighted by Gasteiger charge is -2.18. The lowest BCUT2D eigenvalue weighted by molar-refractivity contribution is -0.120. The Morgan fingerprint density at radius 3 is 2.65 bits per heavy atom. The third-order valence-electron chi connectivity index (χ3n) is 3.22. The molecule has 0 bridgehead atoms. The van der Waals surface area contributed by atoms with Gasteiger partial charge < -0.3 is 0 Å². The third-order valence-corrected chi connectivity index (χ3v) is 3.22. The van der Waals surface area contributed by atoms with Gasteiger partial charge in [-0.15, -0.1) is 0 Å². The number of hydrazine groups is 1. The number of nitrogens with one attached hydrogen (secondary N) is 1. The van der Waals surface area contributed by atoms with Gasteiger partial charge in [0.15, 0.2) is 0 Å². The molecule has 1 amide bonds. The maximum absolute atomic E-state index is 11.3. The Balaban J connectivity index is 2.06. The molecule has 0 aliphatic heterocycles. The number of nitrogens with zero attached hydrogens (tertiary/aromatic N) is 1. The predicted octanol–water partition coefficient (Wildman–Crippen LogP) is 0.813. The van der Waals surface area contributed by atoms with E-state index in [1.54, 1.807) is 0 Å². The highest BCUT2D eigenvalue weighted by atomic mass is 16.2. The normalized spacial score (nSPS) is 15.0. The van der Waals surface area contributed by atoms with Crippen LogP contribution in [0.1, 0.15) is 24.0 Å². The number of amides is 1. The van der Waals surface area contributed by atoms with Crippen molar-refractivity contribution in [1.82, 2.24) is 10.3 Å². The summed E-state index contributed by atoms with van der Waals surface area (Å²) in [5, 5.41) is 0. The Morgan fingerprint density at radius 1 is 1.41 bits per heavy atom. The average Bonchev–Trinajstić information content (AvgIpc) is 3.15. The first-order chi connectivity index (χ1) is 8.20. The Bertz CT molecular complexity index is 401. The van der Waals surface area contributed by atoms with Crippen molar-refractivity contribution in [3.05, 3.63) is 35.4 Å². The molecule has 1 aromatic carbocycles. The molecule has 3 N–H and O–H groups in total. The molecule has 92 valence electrons. The zero-order valence-electron chi connectivity index (χ0n) is 10.1. The summed E-state index contributed by atoms with van der Waals surface area (Å²) >= 11 is 0. The first-order valence-electron chi connectivity index (χ1n) is 5.97. The molecule has 1 aliphatic rings. The highest BCUT2D eigenvalue weighted by Gasteiger charge is 2.26. The van der Waals surface area contributed by atoms with Gasteiger partial charge >= 0.3 is 0 Å². The van der Waals surface area contributed by atoms with E-state index in [1.165, 1.54) is 18.4 Å². The summed E-state index contributed by atoms with van der Waals surface area (Å²) in [6.07, 6.45) is 2.94. The number of hydrogen-bond acceptors (Lipinski definition) is 3. The molecule has 0 atom stereocenters. The lowest BCUT2D eigenvalue weighted by Crippen LogP contribution is -2.32. The molecule has 1 fully saturated rings. The largest absolute Gasteiger partial charge is 0.299 e. The van der Waals surface area contributed by atoms with Gasteiger partial charge in [-0.3, -0.25) is 15.1 Å². The van der Waals surface area contributed by atoms with Crippen molar-refractivity contribution in [3.63, 3.8) is 0 Å². The third kappa shape index (κ3) is 3.28. The molecule has 0 saturated heterocycles. The monoisotopic (exact) mass is 233 g/mol. The molecule has 4 heteroatoms. The van der Waals surface area contributed by atoms with E-state index < -0.39 is 0 Å². The number of benzene rings is 1. The summed E-state index contributed by atoms with van der Waals surface area (Å²) < 4.78 is 0. The Hall–Kier alpha value is -1.39. The Kier molecular flexibility index (Phi) is 3.76. The fourth-order valence-corrected chi connectivity index (χ4v) is 2.02. The molecule has 0 heterocycles. The fraction of sp³-hybridized carbons (Fsp3) is 0.462. The van der Waals surface area contributed by atoms with Gasteiger partial charge in [-0.25, -0.2) is 5.84 Å². The molecule has 0 radical (unpaired) electrons. The molecule has 17 heavy (non-hydrogen) atoms. The molecular formula is C13H19N3O. The van der Waals surface area contributed by atoms with Crippen molar-refractivity contribution in [3.8, 4) is 0 Å². The first-order valence-corrected chi connectivity index (χ1v) is 5.97. The van der Waals surface area contributed by atoms with Crippen LogP contribution < -0.4 is 11.3 Å². The number of rotatable bonds is 5. The van der Waals surface area contributed by atoms with Crippen molar-refractivity contribution in [2.75, 3.05) is 7.05 Å². The predicted molar refractivity (Wildman–Crippen MR) is 67.0 cm³/mol. The molecule has 0 spiro atoms. The zero-order valence-corrected chi connectivity index (χ0v) is 10.1. The average molecular weight is 233 g/mol. The summed E-state index contributed by atoms with van der Waals surface area (Å²) in [4.78, 5) is 13.7. The van der Waals surface area contributed by atoms with Gasteiger partial charge in [0.1, 0.15) is 0 Å². The molecule has 1 aromatic rings. The van der Waals surface area contributed by atoms with Crippen molar-refractivity contribution in [1.29, 1.82) is 0 Å². The van der Waals surface area contributed by atoms with Crippen molar-refractivity contribution < 1.29 is 4.79 Å². The van der Waals surface area contributed by atoms with E-state index in [1.807, 2.05) is 18.2 Å². The van der Waals surface area contributed by atoms with E-state index in [9.17, 15) is 4.79 Å². The molecule has 0 aromatic heterocycles. The second-order valence-electron chi connectivity index (χ2n) is 4.66. The smallest absolute Gasteiger partial charge is 0.238 e. The van der Waals surface area contributed by atoms with Gasteiger partial charge in [0.25, 0.3) is 0 Å². The van der Waals surface area contributed by atoms with Crippen LogP contribution >= 0.6 is 0 Å². The Labute approximate surface area is 102 Å². The highest BCUT2D eigenvalue weighted by Crippen LogP contribution is 2.27. The number of nitrogens with two attached hydrogens (primary N) is 1. The van der Waals surface area contributed by atoms with Crippen molar-refractivity contribution in [2.24, 2.45) is 5.84 Å². The van der Waals surface area contributed by atoms with Gasteiger partial charge in [0.2, 0.25) is 5.91 Å². The first kappa shape index (κ1) is 12.1. The summed E-state index contributed by atoms with van der Waals surface area (Å²) in [6, 6.07) is 8.77. The van der Waals surface area contributed by atoms with Crippen LogP contribution in [0.4, 0.5) is 0 Å². The molecular weight excluding hydrogens is 214 g/mol. The van der Waals surface area contributed by atoms with E-state index >= 15 is 0 Å². The SMILES string of the molecule is CN(Cc1ccccc1CC(=O)NN)C1CC1. The number of carbonyl (C=O) groups is 1.